The van der Waals surface area contributed by atoms with Gasteiger partial charge in [0.1, 0.15) is 6.61 Å². The lowest BCUT2D eigenvalue weighted by atomic mass is 10.1. The van der Waals surface area contributed by atoms with E-state index in [9.17, 15) is 4.79 Å². The van der Waals surface area contributed by atoms with Crippen LogP contribution in [-0.4, -0.2) is 23.8 Å². The number of carbonyl (C=O) groups excluding carboxylic acids is 1. The number of alkyl carbamates (subject to hydrolysis) is 1. The van der Waals surface area contributed by atoms with Gasteiger partial charge in [-0.3, -0.25) is 0 Å². The summed E-state index contributed by atoms with van der Waals surface area (Å²) in [5, 5.41) is 11.6. The van der Waals surface area contributed by atoms with E-state index in [1.165, 1.54) is 0 Å². The molecule has 1 aromatic rings. The highest BCUT2D eigenvalue weighted by molar-refractivity contribution is 5.67. The zero-order valence-electron chi connectivity index (χ0n) is 12.2. The van der Waals surface area contributed by atoms with E-state index in [4.69, 9.17) is 9.84 Å². The van der Waals surface area contributed by atoms with E-state index < -0.39 is 0 Å². The number of hydrogen-bond acceptors (Lipinski definition) is 3. The first kappa shape index (κ1) is 16.5. The minimum Gasteiger partial charge on any atom is -0.445 e. The number of aliphatic hydroxyl groups is 1. The Kier molecular flexibility index (Phi) is 8.47. The summed E-state index contributed by atoms with van der Waals surface area (Å²) >= 11 is 0. The van der Waals surface area contributed by atoms with E-state index in [0.717, 1.165) is 37.7 Å². The largest absolute Gasteiger partial charge is 0.445 e. The van der Waals surface area contributed by atoms with Crippen molar-refractivity contribution in [1.29, 1.82) is 0 Å². The molecule has 4 heteroatoms. The van der Waals surface area contributed by atoms with Crippen LogP contribution >= 0.6 is 0 Å². The maximum absolute atomic E-state index is 11.7. The molecule has 0 saturated heterocycles. The van der Waals surface area contributed by atoms with Crippen LogP contribution in [0.15, 0.2) is 30.3 Å². The average molecular weight is 279 g/mol. The van der Waals surface area contributed by atoms with E-state index >= 15 is 0 Å². The van der Waals surface area contributed by atoms with Gasteiger partial charge in [0.2, 0.25) is 0 Å². The van der Waals surface area contributed by atoms with Gasteiger partial charge < -0.3 is 15.2 Å². The minimum absolute atomic E-state index is 0.150. The highest BCUT2D eigenvalue weighted by Gasteiger charge is 2.10. The second-order valence-corrected chi connectivity index (χ2v) is 4.88. The molecule has 1 aromatic carbocycles. The number of unbranched alkanes of at least 4 members (excludes halogenated alkanes) is 2. The first-order valence-electron chi connectivity index (χ1n) is 7.34. The van der Waals surface area contributed by atoms with Crippen molar-refractivity contribution in [2.45, 2.75) is 51.7 Å². The van der Waals surface area contributed by atoms with Crippen molar-refractivity contribution in [3.63, 3.8) is 0 Å². The molecule has 0 aliphatic rings. The van der Waals surface area contributed by atoms with Crippen LogP contribution in [0.1, 0.15) is 44.6 Å². The molecule has 112 valence electrons. The molecule has 0 bridgehead atoms. The summed E-state index contributed by atoms with van der Waals surface area (Å²) in [7, 11) is 0. The fourth-order valence-electron chi connectivity index (χ4n) is 1.99. The van der Waals surface area contributed by atoms with Gasteiger partial charge in [-0.25, -0.2) is 4.79 Å². The fraction of sp³-hybridized carbons (Fsp3) is 0.562. The van der Waals surface area contributed by atoms with Gasteiger partial charge in [-0.05, 0) is 24.8 Å². The summed E-state index contributed by atoms with van der Waals surface area (Å²) in [6, 6.07) is 9.79. The summed E-state index contributed by atoms with van der Waals surface area (Å²) < 4.78 is 5.20. The smallest absolute Gasteiger partial charge is 0.407 e. The van der Waals surface area contributed by atoms with Gasteiger partial charge in [-0.1, -0.05) is 50.1 Å². The Morgan fingerprint density at radius 2 is 2.00 bits per heavy atom. The van der Waals surface area contributed by atoms with E-state index in [1.54, 1.807) is 0 Å². The molecule has 0 aliphatic carbocycles. The molecule has 1 rings (SSSR count). The number of aliphatic hydroxyl groups excluding tert-OH is 1. The Bertz CT molecular complexity index is 367. The monoisotopic (exact) mass is 279 g/mol. The van der Waals surface area contributed by atoms with Crippen LogP contribution in [0.2, 0.25) is 0 Å². The lowest BCUT2D eigenvalue weighted by Gasteiger charge is -2.16. The van der Waals surface area contributed by atoms with Crippen LogP contribution in [0.25, 0.3) is 0 Å². The fourth-order valence-corrected chi connectivity index (χ4v) is 1.99. The molecule has 20 heavy (non-hydrogen) atoms. The third-order valence-corrected chi connectivity index (χ3v) is 3.24. The average Bonchev–Trinajstić information content (AvgIpc) is 2.49. The highest BCUT2D eigenvalue weighted by atomic mass is 16.5. The number of nitrogens with one attached hydrogen (secondary N) is 1. The lowest BCUT2D eigenvalue weighted by molar-refractivity contribution is 0.134. The van der Waals surface area contributed by atoms with Crippen LogP contribution in [0.4, 0.5) is 4.79 Å². The predicted octanol–water partition coefficient (Wildman–Crippen LogP) is 3.24. The summed E-state index contributed by atoms with van der Waals surface area (Å²) in [6.07, 6.45) is 4.29. The maximum atomic E-state index is 11.7. The molecule has 0 aromatic heterocycles. The molecule has 4 nitrogen and oxygen atoms in total. The van der Waals surface area contributed by atoms with Crippen molar-refractivity contribution >= 4 is 6.09 Å². The first-order chi connectivity index (χ1) is 9.76. The molecule has 0 heterocycles. The Labute approximate surface area is 121 Å². The molecule has 1 amide bonds. The second-order valence-electron chi connectivity index (χ2n) is 4.88. The van der Waals surface area contributed by atoms with Gasteiger partial charge in [-0.15, -0.1) is 0 Å². The predicted molar refractivity (Wildman–Crippen MR) is 79.4 cm³/mol. The van der Waals surface area contributed by atoms with Crippen LogP contribution in [0, 0.1) is 0 Å². The SMILES string of the molecule is CCC(CCCCCO)NC(=O)OCc1ccccc1. The van der Waals surface area contributed by atoms with Gasteiger partial charge in [0.25, 0.3) is 0 Å². The summed E-state index contributed by atoms with van der Waals surface area (Å²) in [5.41, 5.74) is 0.985. The van der Waals surface area contributed by atoms with E-state index in [-0.39, 0.29) is 18.7 Å². The minimum atomic E-state index is -0.358. The van der Waals surface area contributed by atoms with Crippen LogP contribution < -0.4 is 5.32 Å². The van der Waals surface area contributed by atoms with E-state index in [2.05, 4.69) is 5.32 Å². The van der Waals surface area contributed by atoms with Crippen molar-refractivity contribution in [2.75, 3.05) is 6.61 Å². The normalized spacial score (nSPS) is 11.9. The van der Waals surface area contributed by atoms with Crippen molar-refractivity contribution in [1.82, 2.24) is 5.32 Å². The number of ether oxygens (including phenoxy) is 1. The Hall–Kier alpha value is -1.55. The number of amides is 1. The van der Waals surface area contributed by atoms with Crippen molar-refractivity contribution in [3.05, 3.63) is 35.9 Å². The van der Waals surface area contributed by atoms with Crippen LogP contribution in [-0.2, 0) is 11.3 Å². The van der Waals surface area contributed by atoms with Gasteiger partial charge in [-0.2, -0.15) is 0 Å². The first-order valence-corrected chi connectivity index (χ1v) is 7.34. The summed E-state index contributed by atoms with van der Waals surface area (Å²) in [4.78, 5) is 11.7. The molecule has 0 fully saturated rings. The molecule has 0 radical (unpaired) electrons. The van der Waals surface area contributed by atoms with Gasteiger partial charge in [0, 0.05) is 12.6 Å². The zero-order chi connectivity index (χ0) is 14.6. The van der Waals surface area contributed by atoms with Gasteiger partial charge in [0.15, 0.2) is 0 Å². The van der Waals surface area contributed by atoms with Crippen LogP contribution in [0.5, 0.6) is 0 Å². The van der Waals surface area contributed by atoms with E-state index in [1.807, 2.05) is 37.3 Å². The standard InChI is InChI=1S/C16H25NO3/c1-2-15(11-7-4-8-12-18)17-16(19)20-13-14-9-5-3-6-10-14/h3,5-6,9-10,15,18H,2,4,7-8,11-13H2,1H3,(H,17,19). The quantitative estimate of drug-likeness (QED) is 0.682. The molecule has 0 spiro atoms. The Morgan fingerprint density at radius 3 is 2.65 bits per heavy atom. The van der Waals surface area contributed by atoms with Crippen molar-refractivity contribution < 1.29 is 14.6 Å². The number of rotatable bonds is 9. The lowest BCUT2D eigenvalue weighted by Crippen LogP contribution is -2.34. The maximum Gasteiger partial charge on any atom is 0.407 e. The zero-order valence-corrected chi connectivity index (χ0v) is 12.2. The van der Waals surface area contributed by atoms with Crippen molar-refractivity contribution in [2.24, 2.45) is 0 Å². The third-order valence-electron chi connectivity index (χ3n) is 3.24. The molecular formula is C16H25NO3. The topological polar surface area (TPSA) is 58.6 Å². The molecule has 0 saturated carbocycles. The van der Waals surface area contributed by atoms with Crippen molar-refractivity contribution in [3.8, 4) is 0 Å². The number of benzene rings is 1. The molecular weight excluding hydrogens is 254 g/mol. The Morgan fingerprint density at radius 1 is 1.25 bits per heavy atom. The van der Waals surface area contributed by atoms with Gasteiger partial charge in [0.05, 0.1) is 0 Å². The number of hydrogen-bond donors (Lipinski definition) is 2. The molecule has 1 atom stereocenters. The highest BCUT2D eigenvalue weighted by Crippen LogP contribution is 2.07. The summed E-state index contributed by atoms with van der Waals surface area (Å²) in [6.45, 7) is 2.59. The van der Waals surface area contributed by atoms with E-state index in [0.29, 0.717) is 6.61 Å². The summed E-state index contributed by atoms with van der Waals surface area (Å²) in [5.74, 6) is 0. The Balaban J connectivity index is 2.21. The third kappa shape index (κ3) is 7.14. The second kappa shape index (κ2) is 10.3. The molecule has 1 unspecified atom stereocenters. The molecule has 2 N–H and O–H groups in total. The van der Waals surface area contributed by atoms with Gasteiger partial charge >= 0.3 is 6.09 Å². The number of carbonyl (C=O) groups is 1. The molecule has 0 aliphatic heterocycles. The van der Waals surface area contributed by atoms with Crippen LogP contribution in [0.3, 0.4) is 0 Å².